The second kappa shape index (κ2) is 8.61. The van der Waals surface area contributed by atoms with E-state index < -0.39 is 0 Å². The average molecular weight is 521 g/mol. The van der Waals surface area contributed by atoms with Crippen molar-refractivity contribution in [3.05, 3.63) is 140 Å². The van der Waals surface area contributed by atoms with Crippen molar-refractivity contribution >= 4 is 56.0 Å². The summed E-state index contributed by atoms with van der Waals surface area (Å²) in [6.07, 6.45) is 0. The topological polar surface area (TPSA) is 21.3 Å². The maximum absolute atomic E-state index is 6.90. The van der Waals surface area contributed by atoms with E-state index in [0.29, 0.717) is 0 Å². The minimum absolute atomic E-state index is 0.0281. The maximum Gasteiger partial charge on any atom is 0.256 e. The quantitative estimate of drug-likeness (QED) is 0.233. The second-order valence-corrected chi connectivity index (χ2v) is 10.9. The van der Waals surface area contributed by atoms with E-state index in [0.717, 1.165) is 28.3 Å². The second-order valence-electron chi connectivity index (χ2n) is 10.9. The molecule has 41 heavy (non-hydrogen) atoms. The predicted octanol–water partition coefficient (Wildman–Crippen LogP) is 8.01. The van der Waals surface area contributed by atoms with Crippen LogP contribution in [0.25, 0.3) is 43.8 Å². The van der Waals surface area contributed by atoms with Crippen molar-refractivity contribution in [2.45, 2.75) is 0 Å². The van der Waals surface area contributed by atoms with Crippen molar-refractivity contribution in [3.63, 3.8) is 0 Å². The summed E-state index contributed by atoms with van der Waals surface area (Å²) in [4.78, 5) is 0. The molecule has 3 heteroatoms. The van der Waals surface area contributed by atoms with Crippen LogP contribution in [-0.4, -0.2) is 6.71 Å². The first kappa shape index (κ1) is 22.5. The van der Waals surface area contributed by atoms with Gasteiger partial charge in [0.25, 0.3) is 6.71 Å². The number of anilines is 2. The zero-order chi connectivity index (χ0) is 26.9. The molecule has 7 aromatic rings. The van der Waals surface area contributed by atoms with Gasteiger partial charge in [0, 0.05) is 22.5 Å². The monoisotopic (exact) mass is 521 g/mol. The van der Waals surface area contributed by atoms with Crippen molar-refractivity contribution in [1.29, 1.82) is 0 Å². The fraction of sp³-hybridized carbons (Fsp3) is 0. The molecular formula is C38H24BNO. The zero-order valence-electron chi connectivity index (χ0n) is 22.3. The first-order chi connectivity index (χ1) is 20.3. The highest BCUT2D eigenvalue weighted by Gasteiger charge is 2.41. The molecule has 2 heterocycles. The maximum atomic E-state index is 6.90. The molecule has 0 amide bonds. The minimum atomic E-state index is 0.0281. The van der Waals surface area contributed by atoms with Gasteiger partial charge in [-0.1, -0.05) is 127 Å². The molecule has 0 bridgehead atoms. The summed E-state index contributed by atoms with van der Waals surface area (Å²) >= 11 is 0. The number of rotatable bonds is 2. The molecule has 7 aromatic carbocycles. The lowest BCUT2D eigenvalue weighted by Gasteiger charge is -2.36. The van der Waals surface area contributed by atoms with Gasteiger partial charge in [-0.05, 0) is 61.2 Å². The molecule has 0 saturated carbocycles. The first-order valence-electron chi connectivity index (χ1n) is 14.1. The fourth-order valence-corrected chi connectivity index (χ4v) is 6.97. The van der Waals surface area contributed by atoms with E-state index in [1.807, 2.05) is 0 Å². The Bertz CT molecular complexity index is 2000. The molecule has 0 fully saturated rings. The highest BCUT2D eigenvalue weighted by atomic mass is 16.5. The lowest BCUT2D eigenvalue weighted by atomic mass is 9.34. The average Bonchev–Trinajstić information content (AvgIpc) is 3.03. The van der Waals surface area contributed by atoms with Crippen LogP contribution in [0.15, 0.2) is 140 Å². The SMILES string of the molecule is c1ccc(-c2c3c(cc4ccccc24)B2c4cc5ccccc5c(-c5ccccc5)c4Oc4cccc(c42)N3)cc1. The third-order valence-electron chi connectivity index (χ3n) is 8.68. The molecule has 0 spiro atoms. The van der Waals surface area contributed by atoms with Gasteiger partial charge in [0.2, 0.25) is 0 Å². The Balaban J connectivity index is 1.42. The Labute approximate surface area is 238 Å². The summed E-state index contributed by atoms with van der Waals surface area (Å²) in [5.41, 5.74) is 10.7. The van der Waals surface area contributed by atoms with Crippen molar-refractivity contribution < 1.29 is 4.74 Å². The fourth-order valence-electron chi connectivity index (χ4n) is 6.97. The highest BCUT2D eigenvalue weighted by molar-refractivity contribution is 6.99. The molecule has 0 atom stereocenters. The van der Waals surface area contributed by atoms with Gasteiger partial charge < -0.3 is 10.1 Å². The summed E-state index contributed by atoms with van der Waals surface area (Å²) in [6, 6.07) is 50.0. The summed E-state index contributed by atoms with van der Waals surface area (Å²) in [5.74, 6) is 1.87. The van der Waals surface area contributed by atoms with Crippen LogP contribution >= 0.6 is 0 Å². The molecule has 0 saturated heterocycles. The van der Waals surface area contributed by atoms with Crippen LogP contribution < -0.4 is 26.4 Å². The van der Waals surface area contributed by atoms with Crippen molar-refractivity contribution in [2.75, 3.05) is 5.32 Å². The summed E-state index contributed by atoms with van der Waals surface area (Å²) in [7, 11) is 0. The van der Waals surface area contributed by atoms with Crippen LogP contribution in [0.3, 0.4) is 0 Å². The number of benzene rings is 7. The zero-order valence-corrected chi connectivity index (χ0v) is 22.3. The Morgan fingerprint density at radius 3 is 1.80 bits per heavy atom. The summed E-state index contributed by atoms with van der Waals surface area (Å²) in [5, 5.41) is 8.79. The van der Waals surface area contributed by atoms with Gasteiger partial charge in [-0.25, -0.2) is 0 Å². The predicted molar refractivity (Wildman–Crippen MR) is 173 cm³/mol. The number of ether oxygens (including phenoxy) is 1. The minimum Gasteiger partial charge on any atom is -0.458 e. The third kappa shape index (κ3) is 3.26. The van der Waals surface area contributed by atoms with Crippen LogP contribution in [0.2, 0.25) is 0 Å². The van der Waals surface area contributed by atoms with Crippen molar-refractivity contribution in [3.8, 4) is 33.8 Å². The van der Waals surface area contributed by atoms with E-state index in [1.54, 1.807) is 0 Å². The molecule has 0 unspecified atom stereocenters. The van der Waals surface area contributed by atoms with Crippen LogP contribution in [0.5, 0.6) is 11.5 Å². The van der Waals surface area contributed by atoms with E-state index in [-0.39, 0.29) is 6.71 Å². The lowest BCUT2D eigenvalue weighted by Crippen LogP contribution is -2.58. The number of hydrogen-bond acceptors (Lipinski definition) is 2. The van der Waals surface area contributed by atoms with Crippen LogP contribution in [0.4, 0.5) is 11.4 Å². The molecule has 190 valence electrons. The standard InChI is InChI=1S/C38H24BNO/c1-3-12-24(13-4-1)34-28-18-9-7-16-26(28)22-30-37(34)40-32-20-11-21-33-36(32)39(30)31-23-27-17-8-10-19-29(27)35(38(31)41-33)25-14-5-2-6-15-25/h1-23,40H. The first-order valence-corrected chi connectivity index (χ1v) is 14.1. The Kier molecular flexibility index (Phi) is 4.73. The van der Waals surface area contributed by atoms with E-state index in [1.165, 1.54) is 54.7 Å². The molecule has 0 radical (unpaired) electrons. The summed E-state index contributed by atoms with van der Waals surface area (Å²) in [6.45, 7) is 0.0281. The normalized spacial score (nSPS) is 12.7. The van der Waals surface area contributed by atoms with Gasteiger partial charge in [0.05, 0.1) is 0 Å². The molecule has 9 rings (SSSR count). The van der Waals surface area contributed by atoms with Crippen LogP contribution in [-0.2, 0) is 0 Å². The van der Waals surface area contributed by atoms with Gasteiger partial charge in [-0.3, -0.25) is 0 Å². The molecular weight excluding hydrogens is 497 g/mol. The largest absolute Gasteiger partial charge is 0.458 e. The lowest BCUT2D eigenvalue weighted by molar-refractivity contribution is 0.490. The highest BCUT2D eigenvalue weighted by Crippen LogP contribution is 2.44. The van der Waals surface area contributed by atoms with E-state index >= 15 is 0 Å². The summed E-state index contributed by atoms with van der Waals surface area (Å²) < 4.78 is 6.90. The van der Waals surface area contributed by atoms with Gasteiger partial charge in [0.1, 0.15) is 11.5 Å². The molecule has 0 aliphatic carbocycles. The van der Waals surface area contributed by atoms with E-state index in [4.69, 9.17) is 4.74 Å². The van der Waals surface area contributed by atoms with Crippen LogP contribution in [0, 0.1) is 0 Å². The van der Waals surface area contributed by atoms with E-state index in [9.17, 15) is 0 Å². The Morgan fingerprint density at radius 1 is 0.512 bits per heavy atom. The van der Waals surface area contributed by atoms with Gasteiger partial charge in [-0.2, -0.15) is 0 Å². The molecule has 2 aliphatic rings. The third-order valence-corrected chi connectivity index (χ3v) is 8.68. The number of hydrogen-bond donors (Lipinski definition) is 1. The number of fused-ring (bicyclic) bond motifs is 6. The molecule has 1 N–H and O–H groups in total. The molecule has 2 aliphatic heterocycles. The van der Waals surface area contributed by atoms with Gasteiger partial charge in [-0.15, -0.1) is 0 Å². The van der Waals surface area contributed by atoms with Crippen LogP contribution in [0.1, 0.15) is 0 Å². The smallest absolute Gasteiger partial charge is 0.256 e. The van der Waals surface area contributed by atoms with Crippen molar-refractivity contribution in [2.24, 2.45) is 0 Å². The van der Waals surface area contributed by atoms with Gasteiger partial charge >= 0.3 is 0 Å². The van der Waals surface area contributed by atoms with E-state index in [2.05, 4.69) is 145 Å². The number of nitrogens with one attached hydrogen (secondary N) is 1. The van der Waals surface area contributed by atoms with Crippen molar-refractivity contribution in [1.82, 2.24) is 0 Å². The Morgan fingerprint density at radius 2 is 1.10 bits per heavy atom. The van der Waals surface area contributed by atoms with Gasteiger partial charge in [0.15, 0.2) is 0 Å². The Hall–Kier alpha value is -5.28. The molecule has 0 aromatic heterocycles. The molecule has 2 nitrogen and oxygen atoms in total.